The van der Waals surface area contributed by atoms with Crippen LogP contribution >= 0.6 is 0 Å². The smallest absolute Gasteiger partial charge is 0.374 e. The molecule has 1 amide bonds. The number of hydrogen-bond donors (Lipinski definition) is 0. The first-order valence-electron chi connectivity index (χ1n) is 11.0. The van der Waals surface area contributed by atoms with Gasteiger partial charge in [0, 0.05) is 38.3 Å². The Morgan fingerprint density at radius 3 is 2.56 bits per heavy atom. The van der Waals surface area contributed by atoms with E-state index >= 15 is 0 Å². The highest BCUT2D eigenvalue weighted by Crippen LogP contribution is 2.30. The van der Waals surface area contributed by atoms with Gasteiger partial charge in [0.1, 0.15) is 0 Å². The molecule has 174 valence electrons. The van der Waals surface area contributed by atoms with Crippen molar-refractivity contribution >= 4 is 5.91 Å². The Hall–Kier alpha value is -2.38. The van der Waals surface area contributed by atoms with E-state index in [2.05, 4.69) is 18.7 Å². The molecule has 4 nitrogen and oxygen atoms in total. The molecule has 0 radical (unpaired) electrons. The lowest BCUT2D eigenvalue weighted by Crippen LogP contribution is -2.49. The van der Waals surface area contributed by atoms with Gasteiger partial charge in [-0.3, -0.25) is 9.69 Å². The molecule has 1 saturated heterocycles. The maximum atomic E-state index is 13.1. The zero-order valence-electron chi connectivity index (χ0n) is 18.9. The normalized spacial score (nSPS) is 17.5. The Labute approximate surface area is 188 Å². The Kier molecular flexibility index (Phi) is 7.96. The third-order valence-corrected chi connectivity index (χ3v) is 5.48. The lowest BCUT2D eigenvalue weighted by Gasteiger charge is -2.36. The van der Waals surface area contributed by atoms with E-state index in [4.69, 9.17) is 4.74 Å². The van der Waals surface area contributed by atoms with Gasteiger partial charge >= 0.3 is 6.18 Å². The van der Waals surface area contributed by atoms with Gasteiger partial charge < -0.3 is 9.64 Å². The van der Waals surface area contributed by atoms with Crippen LogP contribution in [0.4, 0.5) is 13.2 Å². The highest BCUT2D eigenvalue weighted by Gasteiger charge is 2.31. The Bertz CT molecular complexity index is 897. The van der Waals surface area contributed by atoms with Crippen molar-refractivity contribution < 1.29 is 22.7 Å². The van der Waals surface area contributed by atoms with E-state index < -0.39 is 11.7 Å². The van der Waals surface area contributed by atoms with Gasteiger partial charge in [-0.15, -0.1) is 0 Å². The first-order valence-corrected chi connectivity index (χ1v) is 11.0. The summed E-state index contributed by atoms with van der Waals surface area (Å²) in [6.07, 6.45) is -4.54. The number of ether oxygens (including phenoxy) is 1. The Morgan fingerprint density at radius 2 is 1.91 bits per heavy atom. The van der Waals surface area contributed by atoms with Crippen LogP contribution in [0.15, 0.2) is 48.5 Å². The molecule has 2 aromatic rings. The van der Waals surface area contributed by atoms with Crippen molar-refractivity contribution in [2.45, 2.75) is 39.6 Å². The van der Waals surface area contributed by atoms with Crippen LogP contribution < -0.4 is 0 Å². The monoisotopic (exact) mass is 448 g/mol. The van der Waals surface area contributed by atoms with Gasteiger partial charge in [0.05, 0.1) is 18.3 Å². The third kappa shape index (κ3) is 6.81. The molecular formula is C25H31F3N2O2. The summed E-state index contributed by atoms with van der Waals surface area (Å²) in [4.78, 5) is 17.0. The molecule has 1 fully saturated rings. The molecule has 32 heavy (non-hydrogen) atoms. The SMILES string of the molecule is Cc1ccc(C(=O)N(CC(C)C)CC2CN(Cc3cccc(C(F)(F)F)c3)CCO2)cc1. The second-order valence-electron chi connectivity index (χ2n) is 8.90. The van der Waals surface area contributed by atoms with Gasteiger partial charge in [0.2, 0.25) is 0 Å². The molecule has 3 rings (SSSR count). The standard InChI is InChI=1S/C25H31F3N2O2/c1-18(2)14-30(24(31)21-9-7-19(3)8-10-21)17-23-16-29(11-12-32-23)15-20-5-4-6-22(13-20)25(26,27)28/h4-10,13,18,23H,11-12,14-17H2,1-3H3. The number of rotatable bonds is 7. The minimum Gasteiger partial charge on any atom is -0.374 e. The number of alkyl halides is 3. The van der Waals surface area contributed by atoms with Crippen molar-refractivity contribution in [3.8, 4) is 0 Å². The van der Waals surface area contributed by atoms with E-state index in [1.165, 1.54) is 12.1 Å². The topological polar surface area (TPSA) is 32.8 Å². The maximum Gasteiger partial charge on any atom is 0.416 e. The third-order valence-electron chi connectivity index (χ3n) is 5.48. The highest BCUT2D eigenvalue weighted by molar-refractivity contribution is 5.94. The lowest BCUT2D eigenvalue weighted by atomic mass is 10.1. The molecule has 0 N–H and O–H groups in total. The molecular weight excluding hydrogens is 417 g/mol. The van der Waals surface area contributed by atoms with Crippen molar-refractivity contribution in [2.75, 3.05) is 32.8 Å². The summed E-state index contributed by atoms with van der Waals surface area (Å²) >= 11 is 0. The van der Waals surface area contributed by atoms with Crippen molar-refractivity contribution in [1.29, 1.82) is 0 Å². The summed E-state index contributed by atoms with van der Waals surface area (Å²) in [6.45, 7) is 9.28. The van der Waals surface area contributed by atoms with E-state index in [0.717, 1.165) is 11.6 Å². The van der Waals surface area contributed by atoms with Crippen LogP contribution in [0, 0.1) is 12.8 Å². The van der Waals surface area contributed by atoms with E-state index in [1.54, 1.807) is 6.07 Å². The highest BCUT2D eigenvalue weighted by atomic mass is 19.4. The molecule has 0 aromatic heterocycles. The van der Waals surface area contributed by atoms with Gasteiger partial charge in [-0.1, -0.05) is 49.7 Å². The van der Waals surface area contributed by atoms with Gasteiger partial charge in [0.25, 0.3) is 5.91 Å². The molecule has 1 atom stereocenters. The fraction of sp³-hybridized carbons (Fsp3) is 0.480. The van der Waals surface area contributed by atoms with Crippen LogP contribution in [-0.2, 0) is 17.5 Å². The molecule has 1 heterocycles. The first-order chi connectivity index (χ1) is 15.1. The minimum absolute atomic E-state index is 0.0303. The molecule has 7 heteroatoms. The Morgan fingerprint density at radius 1 is 1.19 bits per heavy atom. The summed E-state index contributed by atoms with van der Waals surface area (Å²) in [6, 6.07) is 13.0. The predicted molar refractivity (Wildman–Crippen MR) is 118 cm³/mol. The van der Waals surface area contributed by atoms with Crippen LogP contribution in [0.25, 0.3) is 0 Å². The predicted octanol–water partition coefficient (Wildman–Crippen LogP) is 5.01. The van der Waals surface area contributed by atoms with E-state index in [0.29, 0.717) is 56.4 Å². The summed E-state index contributed by atoms with van der Waals surface area (Å²) in [7, 11) is 0. The summed E-state index contributed by atoms with van der Waals surface area (Å²) in [5.41, 5.74) is 1.73. The molecule has 0 saturated carbocycles. The minimum atomic E-state index is -4.35. The van der Waals surface area contributed by atoms with Crippen molar-refractivity contribution in [1.82, 2.24) is 9.80 Å². The van der Waals surface area contributed by atoms with Gasteiger partial charge in [-0.25, -0.2) is 0 Å². The molecule has 0 aliphatic carbocycles. The number of morpholine rings is 1. The number of nitrogens with zero attached hydrogens (tertiary/aromatic N) is 2. The molecule has 1 aliphatic rings. The number of carbonyl (C=O) groups is 1. The van der Waals surface area contributed by atoms with Gasteiger partial charge in [-0.05, 0) is 36.6 Å². The average Bonchev–Trinajstić information content (AvgIpc) is 2.73. The molecule has 2 aromatic carbocycles. The van der Waals surface area contributed by atoms with E-state index in [9.17, 15) is 18.0 Å². The second-order valence-corrected chi connectivity index (χ2v) is 8.90. The van der Waals surface area contributed by atoms with Crippen molar-refractivity contribution in [3.05, 3.63) is 70.8 Å². The molecule has 1 unspecified atom stereocenters. The second kappa shape index (κ2) is 10.5. The zero-order valence-corrected chi connectivity index (χ0v) is 18.9. The van der Waals surface area contributed by atoms with Crippen LogP contribution in [0.1, 0.15) is 40.9 Å². The van der Waals surface area contributed by atoms with Gasteiger partial charge in [0.15, 0.2) is 0 Å². The average molecular weight is 449 g/mol. The number of hydrogen-bond acceptors (Lipinski definition) is 3. The van der Waals surface area contributed by atoms with E-state index in [1.807, 2.05) is 36.1 Å². The number of carbonyl (C=O) groups excluding carboxylic acids is 1. The molecule has 1 aliphatic heterocycles. The summed E-state index contributed by atoms with van der Waals surface area (Å²) in [5, 5.41) is 0. The van der Waals surface area contributed by atoms with Crippen molar-refractivity contribution in [3.63, 3.8) is 0 Å². The lowest BCUT2D eigenvalue weighted by molar-refractivity contribution is -0.137. The van der Waals surface area contributed by atoms with Gasteiger partial charge in [-0.2, -0.15) is 13.2 Å². The fourth-order valence-corrected chi connectivity index (χ4v) is 3.94. The first kappa shape index (κ1) is 24.3. The zero-order chi connectivity index (χ0) is 23.3. The number of amides is 1. The maximum absolute atomic E-state index is 13.1. The quantitative estimate of drug-likeness (QED) is 0.597. The van der Waals surface area contributed by atoms with Crippen LogP contribution in [0.3, 0.4) is 0 Å². The van der Waals surface area contributed by atoms with E-state index in [-0.39, 0.29) is 12.0 Å². The largest absolute Gasteiger partial charge is 0.416 e. The van der Waals surface area contributed by atoms with Crippen molar-refractivity contribution in [2.24, 2.45) is 5.92 Å². The fourth-order valence-electron chi connectivity index (χ4n) is 3.94. The summed E-state index contributed by atoms with van der Waals surface area (Å²) < 4.78 is 45.0. The number of aryl methyl sites for hydroxylation is 1. The Balaban J connectivity index is 1.66. The number of halogens is 3. The van der Waals surface area contributed by atoms with Crippen LogP contribution in [0.2, 0.25) is 0 Å². The van der Waals surface area contributed by atoms with Crippen LogP contribution in [-0.4, -0.2) is 54.6 Å². The number of benzene rings is 2. The summed E-state index contributed by atoms with van der Waals surface area (Å²) in [5.74, 6) is 0.270. The van der Waals surface area contributed by atoms with Crippen LogP contribution in [0.5, 0.6) is 0 Å². The molecule has 0 bridgehead atoms. The molecule has 0 spiro atoms.